The Morgan fingerprint density at radius 1 is 1.28 bits per heavy atom. The molecule has 0 aliphatic rings. The summed E-state index contributed by atoms with van der Waals surface area (Å²) >= 11 is 0. The van der Waals surface area contributed by atoms with E-state index in [0.29, 0.717) is 11.4 Å². The molecule has 0 fully saturated rings. The van der Waals surface area contributed by atoms with Crippen LogP contribution in [0.25, 0.3) is 0 Å². The van der Waals surface area contributed by atoms with Gasteiger partial charge in [0.05, 0.1) is 12.8 Å². The molecule has 0 heterocycles. The van der Waals surface area contributed by atoms with Crippen molar-refractivity contribution in [2.24, 2.45) is 10.3 Å². The maximum Gasteiger partial charge on any atom is 0.279 e. The second-order valence-electron chi connectivity index (χ2n) is 3.29. The maximum atomic E-state index is 11.8. The van der Waals surface area contributed by atoms with Crippen molar-refractivity contribution in [2.45, 2.75) is 6.92 Å². The van der Waals surface area contributed by atoms with Gasteiger partial charge in [0.1, 0.15) is 11.5 Å². The van der Waals surface area contributed by atoms with Gasteiger partial charge >= 0.3 is 0 Å². The molecule has 0 spiro atoms. The summed E-state index contributed by atoms with van der Waals surface area (Å²) in [6.45, 7) is 1.33. The van der Waals surface area contributed by atoms with E-state index in [4.69, 9.17) is 15.2 Å². The fourth-order valence-corrected chi connectivity index (χ4v) is 1.26. The molecule has 3 N–H and O–H groups in total. The van der Waals surface area contributed by atoms with Crippen molar-refractivity contribution in [3.05, 3.63) is 24.3 Å². The Morgan fingerprint density at radius 3 is 2.50 bits per heavy atom. The Hall–Kier alpha value is -2.57. The number of hydrogen-bond acceptors (Lipinski definition) is 6. The predicted octanol–water partition coefficient (Wildman–Crippen LogP) is 1.31. The van der Waals surface area contributed by atoms with Crippen LogP contribution in [0.3, 0.4) is 0 Å². The Labute approximate surface area is 103 Å². The number of nitrogens with one attached hydrogen (secondary N) is 1. The van der Waals surface area contributed by atoms with Crippen molar-refractivity contribution in [3.63, 3.8) is 0 Å². The highest BCUT2D eigenvalue weighted by molar-refractivity contribution is 6.68. The minimum absolute atomic E-state index is 0.107. The lowest BCUT2D eigenvalue weighted by Crippen LogP contribution is -2.28. The number of para-hydroxylation sites is 2. The lowest BCUT2D eigenvalue weighted by Gasteiger charge is -2.09. The van der Waals surface area contributed by atoms with Crippen LogP contribution in [-0.2, 0) is 4.79 Å². The molecular formula is C11H13N3O4. The van der Waals surface area contributed by atoms with Gasteiger partial charge in [-0.15, -0.1) is 0 Å². The average molecular weight is 251 g/mol. The number of carbonyl (C=O) groups is 1. The molecule has 1 aromatic carbocycles. The van der Waals surface area contributed by atoms with Gasteiger partial charge in [0.25, 0.3) is 5.91 Å². The summed E-state index contributed by atoms with van der Waals surface area (Å²) in [5.74, 6) is -0.251. The first kappa shape index (κ1) is 13.5. The van der Waals surface area contributed by atoms with Gasteiger partial charge in [-0.3, -0.25) is 4.79 Å². The molecule has 1 amide bonds. The number of ether oxygens (including phenoxy) is 1. The highest BCUT2D eigenvalue weighted by atomic mass is 16.5. The van der Waals surface area contributed by atoms with Gasteiger partial charge in [0.2, 0.25) is 0 Å². The first-order valence-corrected chi connectivity index (χ1v) is 4.99. The van der Waals surface area contributed by atoms with Crippen molar-refractivity contribution >= 4 is 23.0 Å². The van der Waals surface area contributed by atoms with E-state index in [0.717, 1.165) is 0 Å². The van der Waals surface area contributed by atoms with Gasteiger partial charge < -0.3 is 20.5 Å². The standard InChI is InChI=1S/C11H13N3O4/c1-7(13-16)10(14-17)11(15)12-8-5-3-4-6-9(8)18-2/h3-6,16-17H,1-2H3,(H,12,15). The van der Waals surface area contributed by atoms with E-state index >= 15 is 0 Å². The molecular weight excluding hydrogens is 238 g/mol. The first-order chi connectivity index (χ1) is 8.63. The molecule has 0 aliphatic heterocycles. The van der Waals surface area contributed by atoms with Crippen molar-refractivity contribution < 1.29 is 19.9 Å². The second-order valence-corrected chi connectivity index (χ2v) is 3.29. The summed E-state index contributed by atoms with van der Waals surface area (Å²) in [5.41, 5.74) is -0.0785. The molecule has 0 atom stereocenters. The number of carbonyl (C=O) groups excluding carboxylic acids is 1. The van der Waals surface area contributed by atoms with Crippen LogP contribution in [0.15, 0.2) is 34.6 Å². The normalized spacial score (nSPS) is 12.1. The largest absolute Gasteiger partial charge is 0.495 e. The summed E-state index contributed by atoms with van der Waals surface area (Å²) in [7, 11) is 1.46. The molecule has 7 nitrogen and oxygen atoms in total. The SMILES string of the molecule is COc1ccccc1NC(=O)C(=NO)C(C)=NO. The van der Waals surface area contributed by atoms with Crippen molar-refractivity contribution in [1.82, 2.24) is 0 Å². The number of rotatable bonds is 4. The number of benzene rings is 1. The Kier molecular flexibility index (Phi) is 4.67. The van der Waals surface area contributed by atoms with E-state index in [1.165, 1.54) is 14.0 Å². The van der Waals surface area contributed by atoms with Crippen molar-refractivity contribution in [2.75, 3.05) is 12.4 Å². The molecule has 1 aromatic rings. The summed E-state index contributed by atoms with van der Waals surface area (Å²) < 4.78 is 5.05. The highest BCUT2D eigenvalue weighted by Crippen LogP contribution is 2.22. The summed E-state index contributed by atoms with van der Waals surface area (Å²) in [6.07, 6.45) is 0. The number of oxime groups is 2. The Morgan fingerprint density at radius 2 is 1.94 bits per heavy atom. The Bertz CT molecular complexity index is 497. The molecule has 1 rings (SSSR count). The summed E-state index contributed by atoms with van der Waals surface area (Å²) in [6, 6.07) is 6.74. The zero-order chi connectivity index (χ0) is 13.5. The molecule has 0 saturated heterocycles. The third-order valence-corrected chi connectivity index (χ3v) is 2.16. The van der Waals surface area contributed by atoms with Crippen LogP contribution in [0.4, 0.5) is 5.69 Å². The van der Waals surface area contributed by atoms with Crippen LogP contribution in [0, 0.1) is 0 Å². The molecule has 0 unspecified atom stereocenters. The van der Waals surface area contributed by atoms with Crippen molar-refractivity contribution in [1.29, 1.82) is 0 Å². The second kappa shape index (κ2) is 6.24. The van der Waals surface area contributed by atoms with Gasteiger partial charge in [-0.05, 0) is 19.1 Å². The average Bonchev–Trinajstić information content (AvgIpc) is 2.39. The van der Waals surface area contributed by atoms with Crippen LogP contribution in [0.5, 0.6) is 5.75 Å². The third kappa shape index (κ3) is 2.97. The topological polar surface area (TPSA) is 104 Å². The van der Waals surface area contributed by atoms with Gasteiger partial charge in [-0.2, -0.15) is 0 Å². The monoisotopic (exact) mass is 251 g/mol. The van der Waals surface area contributed by atoms with Gasteiger partial charge in [-0.1, -0.05) is 22.4 Å². The van der Waals surface area contributed by atoms with Crippen molar-refractivity contribution in [3.8, 4) is 5.75 Å². The molecule has 0 radical (unpaired) electrons. The van der Waals surface area contributed by atoms with E-state index < -0.39 is 5.91 Å². The van der Waals surface area contributed by atoms with Gasteiger partial charge in [0, 0.05) is 0 Å². The fraction of sp³-hybridized carbons (Fsp3) is 0.182. The zero-order valence-electron chi connectivity index (χ0n) is 9.91. The van der Waals surface area contributed by atoms with E-state index in [1.54, 1.807) is 24.3 Å². The third-order valence-electron chi connectivity index (χ3n) is 2.16. The number of nitrogens with zero attached hydrogens (tertiary/aromatic N) is 2. The fourth-order valence-electron chi connectivity index (χ4n) is 1.26. The molecule has 0 bridgehead atoms. The lowest BCUT2D eigenvalue weighted by atomic mass is 10.2. The molecule has 96 valence electrons. The smallest absolute Gasteiger partial charge is 0.279 e. The van der Waals surface area contributed by atoms with Crippen LogP contribution >= 0.6 is 0 Å². The molecule has 0 saturated carbocycles. The number of methoxy groups -OCH3 is 1. The van der Waals surface area contributed by atoms with E-state index in [9.17, 15) is 4.79 Å². The quantitative estimate of drug-likeness (QED) is 0.426. The summed E-state index contributed by atoms with van der Waals surface area (Å²) in [5, 5.41) is 25.3. The lowest BCUT2D eigenvalue weighted by molar-refractivity contribution is -0.110. The maximum absolute atomic E-state index is 11.8. The minimum Gasteiger partial charge on any atom is -0.495 e. The molecule has 0 aromatic heterocycles. The molecule has 0 aliphatic carbocycles. The number of hydrogen-bond donors (Lipinski definition) is 3. The van der Waals surface area contributed by atoms with E-state index in [1.807, 2.05) is 0 Å². The predicted molar refractivity (Wildman–Crippen MR) is 65.7 cm³/mol. The minimum atomic E-state index is -0.711. The van der Waals surface area contributed by atoms with Gasteiger partial charge in [-0.25, -0.2) is 0 Å². The van der Waals surface area contributed by atoms with Crippen LogP contribution in [-0.4, -0.2) is 34.9 Å². The van der Waals surface area contributed by atoms with E-state index in [-0.39, 0.29) is 11.4 Å². The highest BCUT2D eigenvalue weighted by Gasteiger charge is 2.17. The molecule has 7 heteroatoms. The zero-order valence-corrected chi connectivity index (χ0v) is 9.91. The first-order valence-electron chi connectivity index (χ1n) is 4.99. The number of amides is 1. The van der Waals surface area contributed by atoms with Crippen LogP contribution in [0.2, 0.25) is 0 Å². The van der Waals surface area contributed by atoms with Crippen LogP contribution in [0.1, 0.15) is 6.92 Å². The molecule has 18 heavy (non-hydrogen) atoms. The summed E-state index contributed by atoms with van der Waals surface area (Å²) in [4.78, 5) is 11.8. The van der Waals surface area contributed by atoms with Crippen LogP contribution < -0.4 is 10.1 Å². The van der Waals surface area contributed by atoms with Gasteiger partial charge in [0.15, 0.2) is 5.71 Å². The number of anilines is 1. The van der Waals surface area contributed by atoms with E-state index in [2.05, 4.69) is 15.6 Å². The Balaban J connectivity index is 2.94.